The third-order valence-corrected chi connectivity index (χ3v) is 3.45. The number of halogens is 1. The molecule has 0 aliphatic carbocycles. The molecule has 0 saturated heterocycles. The number of methoxy groups -OCH3 is 1. The van der Waals surface area contributed by atoms with Crippen LogP contribution >= 0.6 is 11.6 Å². The van der Waals surface area contributed by atoms with Crippen LogP contribution in [0, 0.1) is 0 Å². The van der Waals surface area contributed by atoms with Gasteiger partial charge in [0.05, 0.1) is 13.2 Å². The summed E-state index contributed by atoms with van der Waals surface area (Å²) in [5.74, 6) is 0.460. The summed E-state index contributed by atoms with van der Waals surface area (Å²) in [5, 5.41) is 4.27. The van der Waals surface area contributed by atoms with Crippen LogP contribution in [0.25, 0.3) is 0 Å². The smallest absolute Gasteiger partial charge is 0.0700 e. The van der Waals surface area contributed by atoms with E-state index in [1.165, 1.54) is 5.56 Å². The van der Waals surface area contributed by atoms with E-state index in [0.29, 0.717) is 19.1 Å². The van der Waals surface area contributed by atoms with Crippen LogP contribution in [0.15, 0.2) is 24.3 Å². The summed E-state index contributed by atoms with van der Waals surface area (Å²) in [5.41, 5.74) is 1.31. The van der Waals surface area contributed by atoms with Gasteiger partial charge in [0.2, 0.25) is 0 Å². The van der Waals surface area contributed by atoms with Crippen LogP contribution in [0.3, 0.4) is 0 Å². The van der Waals surface area contributed by atoms with Gasteiger partial charge in [0.25, 0.3) is 0 Å². The number of nitrogens with one attached hydrogen (secondary N) is 1. The third-order valence-electron chi connectivity index (χ3n) is 3.20. The second-order valence-corrected chi connectivity index (χ2v) is 5.28. The second-order valence-electron chi connectivity index (χ2n) is 4.85. The topological polar surface area (TPSA) is 30.5 Å². The van der Waals surface area contributed by atoms with E-state index in [9.17, 15) is 0 Å². The summed E-state index contributed by atoms with van der Waals surface area (Å²) in [7, 11) is 1.69. The van der Waals surface area contributed by atoms with Gasteiger partial charge < -0.3 is 14.8 Å². The number of benzene rings is 1. The average molecular weight is 300 g/mol. The van der Waals surface area contributed by atoms with Crippen LogP contribution in [0.1, 0.15) is 31.2 Å². The van der Waals surface area contributed by atoms with Crippen molar-refractivity contribution in [1.82, 2.24) is 5.32 Å². The Bertz CT molecular complexity index is 343. The zero-order valence-electron chi connectivity index (χ0n) is 12.5. The Kier molecular flexibility index (Phi) is 9.67. The Hall–Kier alpha value is -0.610. The van der Waals surface area contributed by atoms with Crippen molar-refractivity contribution in [3.8, 4) is 0 Å². The minimum absolute atomic E-state index is 0.460. The van der Waals surface area contributed by atoms with Gasteiger partial charge in [0.1, 0.15) is 0 Å². The van der Waals surface area contributed by atoms with Gasteiger partial charge in [-0.25, -0.2) is 0 Å². The van der Waals surface area contributed by atoms with Crippen LogP contribution in [0.5, 0.6) is 0 Å². The lowest BCUT2D eigenvalue weighted by molar-refractivity contribution is 0.0670. The van der Waals surface area contributed by atoms with Crippen molar-refractivity contribution in [1.29, 1.82) is 0 Å². The fraction of sp³-hybridized carbons (Fsp3) is 0.625. The lowest BCUT2D eigenvalue weighted by atomic mass is 9.96. The SMILES string of the molecule is CCCNCC(CCOCCOC)c1ccc(Cl)cc1. The highest BCUT2D eigenvalue weighted by atomic mass is 35.5. The summed E-state index contributed by atoms with van der Waals surface area (Å²) in [4.78, 5) is 0. The fourth-order valence-electron chi connectivity index (χ4n) is 2.04. The van der Waals surface area contributed by atoms with Crippen molar-refractivity contribution in [2.45, 2.75) is 25.7 Å². The highest BCUT2D eigenvalue weighted by Crippen LogP contribution is 2.21. The van der Waals surface area contributed by atoms with Crippen molar-refractivity contribution in [3.05, 3.63) is 34.9 Å². The standard InChI is InChI=1S/C16H26ClNO2/c1-3-9-18-13-15(8-10-20-12-11-19-2)14-4-6-16(17)7-5-14/h4-7,15,18H,3,8-13H2,1-2H3. The van der Waals surface area contributed by atoms with E-state index in [0.717, 1.165) is 37.6 Å². The first-order chi connectivity index (χ1) is 9.77. The molecule has 0 bridgehead atoms. The highest BCUT2D eigenvalue weighted by molar-refractivity contribution is 6.30. The molecule has 4 heteroatoms. The van der Waals surface area contributed by atoms with Crippen molar-refractivity contribution < 1.29 is 9.47 Å². The van der Waals surface area contributed by atoms with E-state index in [1.54, 1.807) is 7.11 Å². The molecule has 0 radical (unpaired) electrons. The van der Waals surface area contributed by atoms with Gasteiger partial charge in [-0.1, -0.05) is 30.7 Å². The van der Waals surface area contributed by atoms with E-state index in [-0.39, 0.29) is 0 Å². The van der Waals surface area contributed by atoms with Gasteiger partial charge in [0.15, 0.2) is 0 Å². The molecule has 1 unspecified atom stereocenters. The Morgan fingerprint density at radius 3 is 2.55 bits per heavy atom. The van der Waals surface area contributed by atoms with Crippen LogP contribution in [-0.2, 0) is 9.47 Å². The molecule has 0 amide bonds. The monoisotopic (exact) mass is 299 g/mol. The Balaban J connectivity index is 2.44. The Morgan fingerprint density at radius 1 is 1.15 bits per heavy atom. The molecule has 1 rings (SSSR count). The molecule has 0 fully saturated rings. The average Bonchev–Trinajstić information content (AvgIpc) is 2.46. The molecular formula is C16H26ClNO2. The first kappa shape index (κ1) is 17.4. The summed E-state index contributed by atoms with van der Waals surface area (Å²) in [6.07, 6.45) is 2.15. The molecule has 1 aromatic carbocycles. The minimum atomic E-state index is 0.460. The lowest BCUT2D eigenvalue weighted by Crippen LogP contribution is -2.23. The second kappa shape index (κ2) is 11.1. The first-order valence-corrected chi connectivity index (χ1v) is 7.68. The number of hydrogen-bond acceptors (Lipinski definition) is 3. The highest BCUT2D eigenvalue weighted by Gasteiger charge is 2.11. The summed E-state index contributed by atoms with van der Waals surface area (Å²) in [6, 6.07) is 8.12. The van der Waals surface area contributed by atoms with Crippen molar-refractivity contribution in [2.75, 3.05) is 40.0 Å². The molecule has 20 heavy (non-hydrogen) atoms. The van der Waals surface area contributed by atoms with Gasteiger partial charge in [-0.05, 0) is 43.0 Å². The van der Waals surface area contributed by atoms with Gasteiger partial charge >= 0.3 is 0 Å². The van der Waals surface area contributed by atoms with Crippen LogP contribution in [0.4, 0.5) is 0 Å². The maximum absolute atomic E-state index is 5.95. The molecule has 0 aliphatic heterocycles. The normalized spacial score (nSPS) is 12.6. The third kappa shape index (κ3) is 7.25. The summed E-state index contributed by atoms with van der Waals surface area (Å²) < 4.78 is 10.6. The molecule has 1 atom stereocenters. The van der Waals surface area contributed by atoms with Gasteiger partial charge in [-0.15, -0.1) is 0 Å². The van der Waals surface area contributed by atoms with E-state index < -0.39 is 0 Å². The Labute approximate surface area is 127 Å². The molecule has 0 aliphatic rings. The van der Waals surface area contributed by atoms with Crippen molar-refractivity contribution >= 4 is 11.6 Å². The van der Waals surface area contributed by atoms with Gasteiger partial charge in [-0.3, -0.25) is 0 Å². The van der Waals surface area contributed by atoms with Gasteiger partial charge in [0, 0.05) is 25.3 Å². The van der Waals surface area contributed by atoms with E-state index in [4.69, 9.17) is 21.1 Å². The predicted octanol–water partition coefficient (Wildman–Crippen LogP) is 3.48. The number of hydrogen-bond donors (Lipinski definition) is 1. The van der Waals surface area contributed by atoms with Crippen LogP contribution < -0.4 is 5.32 Å². The molecule has 114 valence electrons. The quantitative estimate of drug-likeness (QED) is 0.635. The Morgan fingerprint density at radius 2 is 1.90 bits per heavy atom. The zero-order valence-corrected chi connectivity index (χ0v) is 13.3. The largest absolute Gasteiger partial charge is 0.382 e. The molecule has 0 heterocycles. The van der Waals surface area contributed by atoms with Gasteiger partial charge in [-0.2, -0.15) is 0 Å². The maximum atomic E-state index is 5.95. The maximum Gasteiger partial charge on any atom is 0.0700 e. The molecular weight excluding hydrogens is 274 g/mol. The fourth-order valence-corrected chi connectivity index (χ4v) is 2.17. The summed E-state index contributed by atoms with van der Waals surface area (Å²) >= 11 is 5.95. The number of ether oxygens (including phenoxy) is 2. The molecule has 0 aromatic heterocycles. The van der Waals surface area contributed by atoms with Crippen LogP contribution in [0.2, 0.25) is 5.02 Å². The molecule has 3 nitrogen and oxygen atoms in total. The molecule has 1 N–H and O–H groups in total. The predicted molar refractivity (Wildman–Crippen MR) is 84.7 cm³/mol. The molecule has 0 saturated carbocycles. The number of rotatable bonds is 11. The lowest BCUT2D eigenvalue weighted by Gasteiger charge is -2.18. The van der Waals surface area contributed by atoms with Crippen molar-refractivity contribution in [2.24, 2.45) is 0 Å². The zero-order chi connectivity index (χ0) is 14.6. The van der Waals surface area contributed by atoms with E-state index >= 15 is 0 Å². The molecule has 0 spiro atoms. The van der Waals surface area contributed by atoms with E-state index in [2.05, 4.69) is 24.4 Å². The minimum Gasteiger partial charge on any atom is -0.382 e. The summed E-state index contributed by atoms with van der Waals surface area (Å²) in [6.45, 7) is 6.27. The van der Waals surface area contributed by atoms with Crippen molar-refractivity contribution in [3.63, 3.8) is 0 Å². The first-order valence-electron chi connectivity index (χ1n) is 7.30. The molecule has 1 aromatic rings. The van der Waals surface area contributed by atoms with E-state index in [1.807, 2.05) is 12.1 Å². The van der Waals surface area contributed by atoms with Crippen LogP contribution in [-0.4, -0.2) is 40.0 Å².